The number of carboxylic acid groups (broad SMARTS) is 1. The lowest BCUT2D eigenvalue weighted by Crippen LogP contribution is -2.28. The van der Waals surface area contributed by atoms with E-state index in [1.807, 2.05) is 20.8 Å². The number of carboxylic acids is 1. The number of aliphatic carboxylic acids is 1. The van der Waals surface area contributed by atoms with Gasteiger partial charge in [-0.05, 0) is 32.9 Å². The molecule has 2 aromatic heterocycles. The summed E-state index contributed by atoms with van der Waals surface area (Å²) in [6, 6.07) is 3.40. The van der Waals surface area contributed by atoms with Crippen molar-refractivity contribution in [3.8, 4) is 0 Å². The Morgan fingerprint density at radius 2 is 2.00 bits per heavy atom. The van der Waals surface area contributed by atoms with Crippen molar-refractivity contribution in [2.45, 2.75) is 39.5 Å². The largest absolute Gasteiger partial charge is 0.490 e. The first-order valence-electron chi connectivity index (χ1n) is 7.31. The van der Waals surface area contributed by atoms with Crippen LogP contribution in [0, 0.1) is 6.92 Å². The van der Waals surface area contributed by atoms with Crippen LogP contribution in [0.2, 0.25) is 0 Å². The first-order chi connectivity index (χ1) is 12.0. The molecule has 0 aromatic carbocycles. The summed E-state index contributed by atoms with van der Waals surface area (Å²) in [6.45, 7) is 6.17. The molecule has 2 amide bonds. The first-order valence-corrected chi connectivity index (χ1v) is 7.31. The Balaban J connectivity index is 0.000000412. The standard InChI is InChI=1S/C12H17N5O2.C2HF3O2/c1-8(2)17-9(3)14-11(16-17)15-12(18)13-7-10-5-4-6-19-10;3-2(4,5)1(6)7/h4-6,8H,7H2,1-3H3,(H2,13,15,16,18);(H,6,7). The number of halogens is 3. The van der Waals surface area contributed by atoms with Gasteiger partial charge in [0.05, 0.1) is 12.8 Å². The molecule has 2 rings (SSSR count). The lowest BCUT2D eigenvalue weighted by molar-refractivity contribution is -0.192. The van der Waals surface area contributed by atoms with Gasteiger partial charge in [0.25, 0.3) is 0 Å². The topological polar surface area (TPSA) is 122 Å². The van der Waals surface area contributed by atoms with Crippen LogP contribution < -0.4 is 10.6 Å². The van der Waals surface area contributed by atoms with Gasteiger partial charge in [0, 0.05) is 6.04 Å². The van der Waals surface area contributed by atoms with Gasteiger partial charge in [-0.25, -0.2) is 14.3 Å². The summed E-state index contributed by atoms with van der Waals surface area (Å²) in [5.41, 5.74) is 0. The van der Waals surface area contributed by atoms with E-state index in [9.17, 15) is 18.0 Å². The van der Waals surface area contributed by atoms with Crippen LogP contribution in [0.25, 0.3) is 0 Å². The highest BCUT2D eigenvalue weighted by Crippen LogP contribution is 2.13. The fraction of sp³-hybridized carbons (Fsp3) is 0.429. The Hall–Kier alpha value is -3.05. The third-order valence-corrected chi connectivity index (χ3v) is 2.76. The number of nitrogens with zero attached hydrogens (tertiary/aromatic N) is 3. The fourth-order valence-corrected chi connectivity index (χ4v) is 1.67. The summed E-state index contributed by atoms with van der Waals surface area (Å²) in [5.74, 6) is -1.01. The third kappa shape index (κ3) is 6.83. The number of rotatable bonds is 4. The Kier molecular flexibility index (Phi) is 7.16. The van der Waals surface area contributed by atoms with Gasteiger partial charge in [-0.1, -0.05) is 0 Å². The number of urea groups is 1. The van der Waals surface area contributed by atoms with Crippen molar-refractivity contribution in [2.24, 2.45) is 0 Å². The predicted octanol–water partition coefficient (Wildman–Crippen LogP) is 2.72. The van der Waals surface area contributed by atoms with Crippen LogP contribution in [-0.4, -0.2) is 38.0 Å². The molecule has 144 valence electrons. The van der Waals surface area contributed by atoms with Crippen molar-refractivity contribution in [1.29, 1.82) is 0 Å². The maximum Gasteiger partial charge on any atom is 0.490 e. The molecule has 0 fully saturated rings. The normalized spacial score (nSPS) is 10.9. The van der Waals surface area contributed by atoms with Crippen LogP contribution in [0.1, 0.15) is 31.5 Å². The second kappa shape index (κ2) is 8.87. The van der Waals surface area contributed by atoms with E-state index in [1.54, 1.807) is 23.1 Å². The summed E-state index contributed by atoms with van der Waals surface area (Å²) in [5, 5.41) is 16.6. The second-order valence-electron chi connectivity index (χ2n) is 5.21. The highest BCUT2D eigenvalue weighted by atomic mass is 19.4. The minimum Gasteiger partial charge on any atom is -0.475 e. The molecule has 0 aliphatic rings. The molecule has 0 spiro atoms. The lowest BCUT2D eigenvalue weighted by Gasteiger charge is -2.05. The molecule has 0 radical (unpaired) electrons. The Bertz CT molecular complexity index is 726. The van der Waals surface area contributed by atoms with Crippen molar-refractivity contribution in [3.63, 3.8) is 0 Å². The van der Waals surface area contributed by atoms with E-state index in [4.69, 9.17) is 14.3 Å². The van der Waals surface area contributed by atoms with Gasteiger partial charge in [-0.3, -0.25) is 5.32 Å². The molecule has 0 aliphatic heterocycles. The summed E-state index contributed by atoms with van der Waals surface area (Å²) in [7, 11) is 0. The van der Waals surface area contributed by atoms with Crippen LogP contribution in [0.15, 0.2) is 22.8 Å². The zero-order valence-electron chi connectivity index (χ0n) is 14.2. The van der Waals surface area contributed by atoms with E-state index >= 15 is 0 Å². The Morgan fingerprint density at radius 3 is 2.42 bits per heavy atom. The Labute approximate surface area is 146 Å². The number of carbonyl (C=O) groups is 2. The molecule has 0 saturated heterocycles. The smallest absolute Gasteiger partial charge is 0.475 e. The first kappa shape index (κ1) is 21.0. The zero-order chi connectivity index (χ0) is 19.9. The fourth-order valence-electron chi connectivity index (χ4n) is 1.67. The highest BCUT2D eigenvalue weighted by Gasteiger charge is 2.38. The van der Waals surface area contributed by atoms with Gasteiger partial charge in [0.15, 0.2) is 0 Å². The molecule has 0 unspecified atom stereocenters. The van der Waals surface area contributed by atoms with Crippen molar-refractivity contribution in [1.82, 2.24) is 20.1 Å². The third-order valence-electron chi connectivity index (χ3n) is 2.76. The number of alkyl halides is 3. The number of amides is 2. The quantitative estimate of drug-likeness (QED) is 0.753. The summed E-state index contributed by atoms with van der Waals surface area (Å²) in [6.07, 6.45) is -3.52. The number of hydrogen-bond acceptors (Lipinski definition) is 5. The van der Waals surface area contributed by atoms with Crippen LogP contribution in [-0.2, 0) is 11.3 Å². The maximum absolute atomic E-state index is 11.6. The summed E-state index contributed by atoms with van der Waals surface area (Å²) < 4.78 is 38.6. The molecule has 26 heavy (non-hydrogen) atoms. The molecular formula is C14H18F3N5O4. The van der Waals surface area contributed by atoms with Gasteiger partial charge in [-0.2, -0.15) is 18.2 Å². The number of hydrogen-bond donors (Lipinski definition) is 3. The van der Waals surface area contributed by atoms with Crippen LogP contribution in [0.3, 0.4) is 0 Å². The van der Waals surface area contributed by atoms with E-state index < -0.39 is 12.1 Å². The molecule has 0 aliphatic carbocycles. The average molecular weight is 377 g/mol. The van der Waals surface area contributed by atoms with Gasteiger partial charge in [0.2, 0.25) is 5.95 Å². The van der Waals surface area contributed by atoms with Gasteiger partial charge in [0.1, 0.15) is 11.6 Å². The SMILES string of the molecule is Cc1nc(NC(=O)NCc2ccco2)nn1C(C)C.O=C(O)C(F)(F)F. The summed E-state index contributed by atoms with van der Waals surface area (Å²) >= 11 is 0. The monoisotopic (exact) mass is 377 g/mol. The summed E-state index contributed by atoms with van der Waals surface area (Å²) in [4.78, 5) is 24.7. The molecule has 0 saturated carbocycles. The molecular weight excluding hydrogens is 359 g/mol. The van der Waals surface area contributed by atoms with Gasteiger partial charge < -0.3 is 14.8 Å². The molecule has 2 aromatic rings. The maximum atomic E-state index is 11.6. The molecule has 3 N–H and O–H groups in total. The van der Waals surface area contributed by atoms with E-state index in [2.05, 4.69) is 20.7 Å². The number of aromatic nitrogens is 3. The minimum absolute atomic E-state index is 0.203. The van der Waals surface area contributed by atoms with Crippen molar-refractivity contribution >= 4 is 17.9 Å². The van der Waals surface area contributed by atoms with Crippen molar-refractivity contribution in [3.05, 3.63) is 30.0 Å². The molecule has 2 heterocycles. The Morgan fingerprint density at radius 1 is 1.38 bits per heavy atom. The van der Waals surface area contributed by atoms with Crippen molar-refractivity contribution in [2.75, 3.05) is 5.32 Å². The van der Waals surface area contributed by atoms with Crippen LogP contribution >= 0.6 is 0 Å². The molecule has 0 atom stereocenters. The number of nitrogens with one attached hydrogen (secondary N) is 2. The number of anilines is 1. The van der Waals surface area contributed by atoms with Gasteiger partial charge in [-0.15, -0.1) is 5.10 Å². The lowest BCUT2D eigenvalue weighted by atomic mass is 10.4. The molecule has 9 nitrogen and oxygen atoms in total. The molecule has 12 heteroatoms. The minimum atomic E-state index is -5.08. The predicted molar refractivity (Wildman–Crippen MR) is 83.4 cm³/mol. The van der Waals surface area contributed by atoms with Crippen LogP contribution in [0.5, 0.6) is 0 Å². The van der Waals surface area contributed by atoms with Crippen molar-refractivity contribution < 1.29 is 32.3 Å². The van der Waals surface area contributed by atoms with Gasteiger partial charge >= 0.3 is 18.2 Å². The molecule has 0 bridgehead atoms. The van der Waals surface area contributed by atoms with E-state index in [0.717, 1.165) is 5.82 Å². The number of aryl methyl sites for hydroxylation is 1. The van der Waals surface area contributed by atoms with E-state index in [1.165, 1.54) is 0 Å². The van der Waals surface area contributed by atoms with E-state index in [-0.39, 0.29) is 12.1 Å². The highest BCUT2D eigenvalue weighted by molar-refractivity contribution is 5.87. The average Bonchev–Trinajstić information content (AvgIpc) is 3.14. The van der Waals surface area contributed by atoms with Crippen LogP contribution in [0.4, 0.5) is 23.9 Å². The number of carbonyl (C=O) groups excluding carboxylic acids is 1. The number of furan rings is 1. The zero-order valence-corrected chi connectivity index (χ0v) is 14.2. The second-order valence-corrected chi connectivity index (χ2v) is 5.21. The van der Waals surface area contributed by atoms with E-state index in [0.29, 0.717) is 18.3 Å².